The molecule has 162 valence electrons. The molecule has 15 heteroatoms. The molecule has 0 spiro atoms. The zero-order valence-corrected chi connectivity index (χ0v) is 19.5. The lowest BCUT2D eigenvalue weighted by Gasteiger charge is -2.28. The van der Waals surface area contributed by atoms with Gasteiger partial charge < -0.3 is 4.90 Å². The number of benzene rings is 2. The number of halogens is 8. The molecular weight excluding hydrogens is 612 g/mol. The molecule has 0 saturated carbocycles. The molecule has 2 rings (SSSR count). The second kappa shape index (κ2) is 9.07. The van der Waals surface area contributed by atoms with Gasteiger partial charge in [0.2, 0.25) is 0 Å². The Balaban J connectivity index is 3.05. The number of nitro benzene ring substituents is 2. The van der Waals surface area contributed by atoms with Crippen molar-refractivity contribution < 1.29 is 23.0 Å². The zero-order valence-electron chi connectivity index (χ0n) is 14.4. The van der Waals surface area contributed by atoms with Crippen LogP contribution in [0.1, 0.15) is 12.5 Å². The van der Waals surface area contributed by atoms with Crippen molar-refractivity contribution in [1.82, 2.24) is 0 Å². The Kier molecular flexibility index (Phi) is 7.55. The number of non-ortho nitro benzene ring substituents is 1. The summed E-state index contributed by atoms with van der Waals surface area (Å²) >= 11 is 26.3. The predicted octanol–water partition coefficient (Wildman–Crippen LogP) is 7.90. The van der Waals surface area contributed by atoms with Crippen LogP contribution in [0.5, 0.6) is 0 Å². The highest BCUT2D eigenvalue weighted by Gasteiger charge is 2.42. The van der Waals surface area contributed by atoms with E-state index in [1.807, 2.05) is 0 Å². The van der Waals surface area contributed by atoms with Crippen LogP contribution in [0, 0.1) is 23.8 Å². The Morgan fingerprint density at radius 1 is 0.967 bits per heavy atom. The third-order valence-corrected chi connectivity index (χ3v) is 7.23. The molecule has 0 N–H and O–H groups in total. The van der Waals surface area contributed by atoms with E-state index in [9.17, 15) is 33.4 Å². The summed E-state index contributed by atoms with van der Waals surface area (Å²) < 4.78 is 41.6. The molecule has 0 atom stereocenters. The van der Waals surface area contributed by atoms with Gasteiger partial charge in [-0.1, -0.05) is 46.4 Å². The van der Waals surface area contributed by atoms with Crippen LogP contribution >= 0.6 is 69.0 Å². The van der Waals surface area contributed by atoms with Gasteiger partial charge >= 0.3 is 6.18 Å². The van der Waals surface area contributed by atoms with Crippen molar-refractivity contribution in [2.24, 2.45) is 0 Å². The molecule has 2 aromatic carbocycles. The summed E-state index contributed by atoms with van der Waals surface area (Å²) in [5.41, 5.74) is -5.19. The van der Waals surface area contributed by atoms with E-state index in [4.69, 9.17) is 46.4 Å². The Morgan fingerprint density at radius 3 is 1.83 bits per heavy atom. The fraction of sp³-hybridized carbons (Fsp3) is 0.200. The van der Waals surface area contributed by atoms with Gasteiger partial charge in [0.15, 0.2) is 0 Å². The fourth-order valence-electron chi connectivity index (χ4n) is 2.61. The molecule has 0 amide bonds. The number of hydrogen-bond acceptors (Lipinski definition) is 5. The van der Waals surface area contributed by atoms with E-state index >= 15 is 0 Å². The van der Waals surface area contributed by atoms with Gasteiger partial charge in [0.1, 0.15) is 5.69 Å². The Morgan fingerprint density at radius 2 is 1.47 bits per heavy atom. The van der Waals surface area contributed by atoms with Gasteiger partial charge in [0.05, 0.1) is 50.8 Å². The van der Waals surface area contributed by atoms with Crippen LogP contribution in [-0.4, -0.2) is 16.4 Å². The smallest absolute Gasteiger partial charge is 0.333 e. The summed E-state index contributed by atoms with van der Waals surface area (Å²) in [6, 6.07) is 0.619. The van der Waals surface area contributed by atoms with Crippen molar-refractivity contribution in [3.05, 3.63) is 61.6 Å². The quantitative estimate of drug-likeness (QED) is 0.112. The zero-order chi connectivity index (χ0) is 23.1. The van der Waals surface area contributed by atoms with Gasteiger partial charge in [-0.15, -0.1) is 0 Å². The molecule has 30 heavy (non-hydrogen) atoms. The maximum absolute atomic E-state index is 13.8. The van der Waals surface area contributed by atoms with E-state index in [1.165, 1.54) is 6.92 Å². The minimum Gasteiger partial charge on any atom is -0.333 e. The number of alkyl halides is 3. The van der Waals surface area contributed by atoms with Crippen molar-refractivity contribution in [3.8, 4) is 0 Å². The molecule has 0 aliphatic carbocycles. The van der Waals surface area contributed by atoms with Crippen LogP contribution in [0.2, 0.25) is 20.1 Å². The number of anilines is 2. The van der Waals surface area contributed by atoms with Crippen LogP contribution in [0.15, 0.2) is 12.1 Å². The third-order valence-electron chi connectivity index (χ3n) is 3.83. The molecule has 0 heterocycles. The molecule has 7 nitrogen and oxygen atoms in total. The van der Waals surface area contributed by atoms with Gasteiger partial charge in [-0.05, 0) is 29.5 Å². The minimum absolute atomic E-state index is 0.127. The predicted molar refractivity (Wildman–Crippen MR) is 117 cm³/mol. The normalized spacial score (nSPS) is 11.5. The van der Waals surface area contributed by atoms with Crippen molar-refractivity contribution in [3.63, 3.8) is 0 Å². The molecule has 0 unspecified atom stereocenters. The summed E-state index contributed by atoms with van der Waals surface area (Å²) in [6.07, 6.45) is -5.19. The van der Waals surface area contributed by atoms with Crippen molar-refractivity contribution in [2.75, 3.05) is 11.4 Å². The third kappa shape index (κ3) is 4.49. The first-order valence-corrected chi connectivity index (χ1v) is 10.2. The maximum Gasteiger partial charge on any atom is 0.418 e. The van der Waals surface area contributed by atoms with E-state index < -0.39 is 38.6 Å². The number of nitro groups is 2. The molecule has 2 aromatic rings. The number of nitrogens with zero attached hydrogens (tertiary/aromatic N) is 3. The van der Waals surface area contributed by atoms with Crippen LogP contribution < -0.4 is 4.90 Å². The summed E-state index contributed by atoms with van der Waals surface area (Å²) in [4.78, 5) is 21.0. The molecule has 0 fully saturated rings. The summed E-state index contributed by atoms with van der Waals surface area (Å²) in [5, 5.41) is 21.7. The SMILES string of the molecule is CCN(c1c([N+](=O)[O-])cc([N+](=O)[O-])cc1C(F)(F)F)c1c(Cl)c(Cl)c(I)c(Cl)c1Cl. The monoisotopic (exact) mass is 617 g/mol. The van der Waals surface area contributed by atoms with Gasteiger partial charge in [-0.2, -0.15) is 13.2 Å². The topological polar surface area (TPSA) is 89.5 Å². The van der Waals surface area contributed by atoms with E-state index in [-0.39, 0.29) is 42.0 Å². The molecule has 0 aromatic heterocycles. The molecule has 0 aliphatic heterocycles. The summed E-state index contributed by atoms with van der Waals surface area (Å²) in [6.45, 7) is 1.08. The highest BCUT2D eigenvalue weighted by atomic mass is 127. The van der Waals surface area contributed by atoms with Crippen LogP contribution in [0.25, 0.3) is 0 Å². The van der Waals surface area contributed by atoms with E-state index in [2.05, 4.69) is 0 Å². The minimum atomic E-state index is -5.19. The fourth-order valence-corrected chi connectivity index (χ4v) is 4.51. The Hall–Kier alpha value is -1.28. The molecule has 0 aliphatic rings. The summed E-state index contributed by atoms with van der Waals surface area (Å²) in [5.74, 6) is 0. The van der Waals surface area contributed by atoms with Gasteiger partial charge in [0.25, 0.3) is 11.4 Å². The summed E-state index contributed by atoms with van der Waals surface area (Å²) in [7, 11) is 0. The first kappa shape index (κ1) is 25.0. The average Bonchev–Trinajstić information content (AvgIpc) is 2.66. The van der Waals surface area contributed by atoms with Crippen LogP contribution in [0.3, 0.4) is 0 Å². The second-order valence-electron chi connectivity index (χ2n) is 5.54. The first-order chi connectivity index (χ1) is 13.7. The second-order valence-corrected chi connectivity index (χ2v) is 8.13. The average molecular weight is 619 g/mol. The highest BCUT2D eigenvalue weighted by molar-refractivity contribution is 14.1. The van der Waals surface area contributed by atoms with Crippen molar-refractivity contribution >= 4 is 91.7 Å². The van der Waals surface area contributed by atoms with E-state index in [0.717, 1.165) is 4.90 Å². The van der Waals surface area contributed by atoms with E-state index in [1.54, 1.807) is 22.6 Å². The molecule has 0 radical (unpaired) electrons. The van der Waals surface area contributed by atoms with Gasteiger partial charge in [-0.25, -0.2) is 0 Å². The van der Waals surface area contributed by atoms with Crippen molar-refractivity contribution in [2.45, 2.75) is 13.1 Å². The Labute approximate surface area is 200 Å². The van der Waals surface area contributed by atoms with E-state index in [0.29, 0.717) is 6.07 Å². The molecule has 0 saturated heterocycles. The molecule has 0 bridgehead atoms. The van der Waals surface area contributed by atoms with Crippen LogP contribution in [-0.2, 0) is 6.18 Å². The van der Waals surface area contributed by atoms with Gasteiger partial charge in [0, 0.05) is 12.6 Å². The van der Waals surface area contributed by atoms with Crippen molar-refractivity contribution in [1.29, 1.82) is 0 Å². The van der Waals surface area contributed by atoms with Gasteiger partial charge in [-0.3, -0.25) is 20.2 Å². The largest absolute Gasteiger partial charge is 0.418 e. The highest BCUT2D eigenvalue weighted by Crippen LogP contribution is 2.52. The van der Waals surface area contributed by atoms with Crippen LogP contribution in [0.4, 0.5) is 35.9 Å². The number of rotatable bonds is 5. The number of hydrogen-bond donors (Lipinski definition) is 0. The lowest BCUT2D eigenvalue weighted by molar-refractivity contribution is -0.394. The first-order valence-electron chi connectivity index (χ1n) is 7.56. The lowest BCUT2D eigenvalue weighted by Crippen LogP contribution is -2.23. The standard InChI is InChI=1S/C15H7Cl4F3IN3O4/c1-2-24(14-10(18)8(16)12(23)9(17)11(14)19)13-6(15(20,21)22)3-5(25(27)28)4-7(13)26(29)30/h3-4H,2H2,1H3. The lowest BCUT2D eigenvalue weighted by atomic mass is 10.1. The molecular formula is C15H7Cl4F3IN3O4. The maximum atomic E-state index is 13.8. The Bertz CT molecular complexity index is 1040.